The zero-order valence-corrected chi connectivity index (χ0v) is 11.9. The minimum Gasteiger partial charge on any atom is -0.387 e. The van der Waals surface area contributed by atoms with Gasteiger partial charge in [0, 0.05) is 17.6 Å². The standard InChI is InChI=1S/C17H22N2O/c1-2-12-7-9-19-16(10-12)17(20)14-5-6-15-13(11-14)4-3-8-18-15/h3-6,8,11-12,16-17,19-20H,2,7,9-10H2,1H3. The number of aliphatic hydroxyl groups is 1. The van der Waals surface area contributed by atoms with Gasteiger partial charge in [0.25, 0.3) is 0 Å². The third kappa shape index (κ3) is 2.69. The number of hydrogen-bond donors (Lipinski definition) is 2. The fourth-order valence-electron chi connectivity index (χ4n) is 3.15. The molecule has 3 rings (SSSR count). The molecular formula is C17H22N2O. The summed E-state index contributed by atoms with van der Waals surface area (Å²) in [6, 6.07) is 10.2. The molecular weight excluding hydrogens is 248 g/mol. The molecule has 3 heteroatoms. The van der Waals surface area contributed by atoms with Crippen molar-refractivity contribution in [3.8, 4) is 0 Å². The van der Waals surface area contributed by atoms with Crippen molar-refractivity contribution < 1.29 is 5.11 Å². The lowest BCUT2D eigenvalue weighted by Crippen LogP contribution is -2.42. The van der Waals surface area contributed by atoms with Gasteiger partial charge in [0.15, 0.2) is 0 Å². The molecule has 1 aromatic carbocycles. The predicted molar refractivity (Wildman–Crippen MR) is 81.5 cm³/mol. The van der Waals surface area contributed by atoms with E-state index in [4.69, 9.17) is 0 Å². The highest BCUT2D eigenvalue weighted by molar-refractivity contribution is 5.79. The lowest BCUT2D eigenvalue weighted by atomic mass is 9.86. The van der Waals surface area contributed by atoms with E-state index in [0.717, 1.165) is 35.3 Å². The average Bonchev–Trinajstić information content (AvgIpc) is 2.53. The Labute approximate surface area is 120 Å². The number of nitrogens with zero attached hydrogens (tertiary/aromatic N) is 1. The average molecular weight is 270 g/mol. The van der Waals surface area contributed by atoms with Crippen molar-refractivity contribution in [2.45, 2.75) is 38.3 Å². The van der Waals surface area contributed by atoms with E-state index in [-0.39, 0.29) is 6.04 Å². The third-order valence-electron chi connectivity index (χ3n) is 4.47. The van der Waals surface area contributed by atoms with Gasteiger partial charge in [-0.05, 0) is 49.1 Å². The highest BCUT2D eigenvalue weighted by Gasteiger charge is 2.27. The molecule has 0 radical (unpaired) electrons. The van der Waals surface area contributed by atoms with Crippen LogP contribution in [-0.4, -0.2) is 22.7 Å². The molecule has 1 aliphatic rings. The summed E-state index contributed by atoms with van der Waals surface area (Å²) in [7, 11) is 0. The molecule has 0 spiro atoms. The van der Waals surface area contributed by atoms with Gasteiger partial charge >= 0.3 is 0 Å². The molecule has 3 atom stereocenters. The zero-order chi connectivity index (χ0) is 13.9. The number of benzene rings is 1. The van der Waals surface area contributed by atoms with Crippen molar-refractivity contribution in [1.82, 2.24) is 10.3 Å². The first kappa shape index (κ1) is 13.5. The Hall–Kier alpha value is -1.45. The predicted octanol–water partition coefficient (Wildman–Crippen LogP) is 3.05. The van der Waals surface area contributed by atoms with E-state index in [1.807, 2.05) is 24.3 Å². The molecule has 106 valence electrons. The van der Waals surface area contributed by atoms with Gasteiger partial charge in [-0.2, -0.15) is 0 Å². The molecule has 1 aromatic heterocycles. The van der Waals surface area contributed by atoms with Crippen LogP contribution in [0, 0.1) is 5.92 Å². The summed E-state index contributed by atoms with van der Waals surface area (Å²) in [5.41, 5.74) is 1.96. The van der Waals surface area contributed by atoms with Crippen LogP contribution in [0.1, 0.15) is 37.9 Å². The monoisotopic (exact) mass is 270 g/mol. The fraction of sp³-hybridized carbons (Fsp3) is 0.471. The zero-order valence-electron chi connectivity index (χ0n) is 11.9. The lowest BCUT2D eigenvalue weighted by molar-refractivity contribution is 0.0980. The molecule has 1 fully saturated rings. The second-order valence-electron chi connectivity index (χ2n) is 5.76. The van der Waals surface area contributed by atoms with Crippen LogP contribution in [0.3, 0.4) is 0 Å². The largest absolute Gasteiger partial charge is 0.387 e. The van der Waals surface area contributed by atoms with Crippen molar-refractivity contribution in [2.75, 3.05) is 6.54 Å². The van der Waals surface area contributed by atoms with E-state index in [1.54, 1.807) is 6.20 Å². The topological polar surface area (TPSA) is 45.1 Å². The molecule has 0 aliphatic carbocycles. The number of aromatic nitrogens is 1. The van der Waals surface area contributed by atoms with Crippen LogP contribution in [-0.2, 0) is 0 Å². The van der Waals surface area contributed by atoms with E-state index in [0.29, 0.717) is 0 Å². The second kappa shape index (κ2) is 5.90. The molecule has 0 saturated carbocycles. The highest BCUT2D eigenvalue weighted by Crippen LogP contribution is 2.28. The number of pyridine rings is 1. The quantitative estimate of drug-likeness (QED) is 0.901. The molecule has 20 heavy (non-hydrogen) atoms. The fourth-order valence-corrected chi connectivity index (χ4v) is 3.15. The summed E-state index contributed by atoms with van der Waals surface area (Å²) >= 11 is 0. The Kier molecular flexibility index (Phi) is 3.99. The van der Waals surface area contributed by atoms with Crippen LogP contribution in [0.25, 0.3) is 10.9 Å². The first-order valence-electron chi connectivity index (χ1n) is 7.54. The summed E-state index contributed by atoms with van der Waals surface area (Å²) in [5.74, 6) is 0.734. The number of piperidine rings is 1. The summed E-state index contributed by atoms with van der Waals surface area (Å²) in [5, 5.41) is 15.2. The SMILES string of the molecule is CCC1CCNC(C(O)c2ccc3ncccc3c2)C1. The maximum atomic E-state index is 10.6. The van der Waals surface area contributed by atoms with E-state index < -0.39 is 6.10 Å². The van der Waals surface area contributed by atoms with Crippen LogP contribution in [0.15, 0.2) is 36.5 Å². The maximum absolute atomic E-state index is 10.6. The minimum absolute atomic E-state index is 0.169. The van der Waals surface area contributed by atoms with Crippen LogP contribution in [0.5, 0.6) is 0 Å². The van der Waals surface area contributed by atoms with E-state index >= 15 is 0 Å². The first-order valence-corrected chi connectivity index (χ1v) is 7.54. The van der Waals surface area contributed by atoms with Gasteiger partial charge in [0.05, 0.1) is 11.6 Å². The van der Waals surface area contributed by atoms with Gasteiger partial charge in [0.1, 0.15) is 0 Å². The summed E-state index contributed by atoms with van der Waals surface area (Å²) in [6.07, 6.45) is 4.85. The number of fused-ring (bicyclic) bond motifs is 1. The molecule has 1 saturated heterocycles. The van der Waals surface area contributed by atoms with E-state index in [1.165, 1.54) is 12.8 Å². The number of nitrogens with one attached hydrogen (secondary N) is 1. The van der Waals surface area contributed by atoms with Gasteiger partial charge in [-0.3, -0.25) is 4.98 Å². The van der Waals surface area contributed by atoms with Crippen molar-refractivity contribution >= 4 is 10.9 Å². The molecule has 3 nitrogen and oxygen atoms in total. The van der Waals surface area contributed by atoms with Gasteiger partial charge in [-0.25, -0.2) is 0 Å². The molecule has 3 unspecified atom stereocenters. The normalized spacial score (nSPS) is 24.7. The van der Waals surface area contributed by atoms with Crippen LogP contribution < -0.4 is 5.32 Å². The van der Waals surface area contributed by atoms with Crippen LogP contribution in [0.2, 0.25) is 0 Å². The van der Waals surface area contributed by atoms with Crippen LogP contribution >= 0.6 is 0 Å². The Bertz CT molecular complexity index is 584. The van der Waals surface area contributed by atoms with Crippen LogP contribution in [0.4, 0.5) is 0 Å². The van der Waals surface area contributed by atoms with Gasteiger partial charge in [-0.1, -0.05) is 25.5 Å². The van der Waals surface area contributed by atoms with Crippen molar-refractivity contribution in [2.24, 2.45) is 5.92 Å². The number of aliphatic hydroxyl groups excluding tert-OH is 1. The Morgan fingerprint density at radius 1 is 1.40 bits per heavy atom. The highest BCUT2D eigenvalue weighted by atomic mass is 16.3. The molecule has 1 aliphatic heterocycles. The number of hydrogen-bond acceptors (Lipinski definition) is 3. The smallest absolute Gasteiger partial charge is 0.0943 e. The van der Waals surface area contributed by atoms with E-state index in [9.17, 15) is 5.11 Å². The van der Waals surface area contributed by atoms with Crippen molar-refractivity contribution in [1.29, 1.82) is 0 Å². The Morgan fingerprint density at radius 3 is 3.15 bits per heavy atom. The maximum Gasteiger partial charge on any atom is 0.0943 e. The van der Waals surface area contributed by atoms with Gasteiger partial charge in [-0.15, -0.1) is 0 Å². The second-order valence-corrected chi connectivity index (χ2v) is 5.76. The molecule has 2 heterocycles. The first-order chi connectivity index (χ1) is 9.78. The summed E-state index contributed by atoms with van der Waals surface area (Å²) < 4.78 is 0. The summed E-state index contributed by atoms with van der Waals surface area (Å²) in [4.78, 5) is 4.32. The Balaban J connectivity index is 1.82. The van der Waals surface area contributed by atoms with Crippen molar-refractivity contribution in [3.63, 3.8) is 0 Å². The molecule has 2 aromatic rings. The molecule has 0 amide bonds. The Morgan fingerprint density at radius 2 is 2.30 bits per heavy atom. The minimum atomic E-state index is -0.436. The number of rotatable bonds is 3. The summed E-state index contributed by atoms with van der Waals surface area (Å²) in [6.45, 7) is 3.25. The van der Waals surface area contributed by atoms with Gasteiger partial charge < -0.3 is 10.4 Å². The molecule has 2 N–H and O–H groups in total. The van der Waals surface area contributed by atoms with E-state index in [2.05, 4.69) is 23.3 Å². The lowest BCUT2D eigenvalue weighted by Gasteiger charge is -2.33. The van der Waals surface area contributed by atoms with Crippen molar-refractivity contribution in [3.05, 3.63) is 42.1 Å². The van der Waals surface area contributed by atoms with Gasteiger partial charge in [0.2, 0.25) is 0 Å². The molecule has 0 bridgehead atoms. The third-order valence-corrected chi connectivity index (χ3v) is 4.47.